The lowest BCUT2D eigenvalue weighted by atomic mass is 9.72. The van der Waals surface area contributed by atoms with Crippen molar-refractivity contribution in [2.24, 2.45) is 5.41 Å². The maximum atomic E-state index is 13.5. The molecular weight excluding hydrogens is 432 g/mol. The van der Waals surface area contributed by atoms with Gasteiger partial charge in [0.2, 0.25) is 11.8 Å². The van der Waals surface area contributed by atoms with E-state index in [2.05, 4.69) is 53.8 Å². The van der Waals surface area contributed by atoms with Crippen molar-refractivity contribution in [1.29, 1.82) is 0 Å². The molecule has 1 aliphatic rings. The Balaban J connectivity index is 1.34. The molecule has 0 radical (unpaired) electrons. The van der Waals surface area contributed by atoms with E-state index in [1.54, 1.807) is 0 Å². The number of likely N-dealkylation sites (tertiary alicyclic amines) is 1. The van der Waals surface area contributed by atoms with Crippen molar-refractivity contribution >= 4 is 11.8 Å². The summed E-state index contributed by atoms with van der Waals surface area (Å²) in [7, 11) is 0. The average Bonchev–Trinajstić information content (AvgIpc) is 2.92. The van der Waals surface area contributed by atoms with E-state index >= 15 is 0 Å². The summed E-state index contributed by atoms with van der Waals surface area (Å²) in [5, 5.41) is 3.23. The summed E-state index contributed by atoms with van der Waals surface area (Å²) in [4.78, 5) is 28.3. The summed E-state index contributed by atoms with van der Waals surface area (Å²) in [6.45, 7) is 1.94. The Morgan fingerprint density at radius 1 is 0.714 bits per heavy atom. The second kappa shape index (κ2) is 12.3. The number of benzene rings is 3. The van der Waals surface area contributed by atoms with E-state index in [0.29, 0.717) is 45.3 Å². The summed E-state index contributed by atoms with van der Waals surface area (Å²) >= 11 is 0. The van der Waals surface area contributed by atoms with E-state index in [1.165, 1.54) is 16.7 Å². The molecular formula is C31H36N2O2. The first kappa shape index (κ1) is 24.7. The van der Waals surface area contributed by atoms with Gasteiger partial charge >= 0.3 is 0 Å². The summed E-state index contributed by atoms with van der Waals surface area (Å²) in [6, 6.07) is 30.8. The van der Waals surface area contributed by atoms with Crippen LogP contribution in [-0.4, -0.2) is 36.3 Å². The van der Waals surface area contributed by atoms with E-state index in [4.69, 9.17) is 0 Å². The van der Waals surface area contributed by atoms with Gasteiger partial charge in [-0.25, -0.2) is 0 Å². The molecule has 3 aromatic rings. The van der Waals surface area contributed by atoms with E-state index in [9.17, 15) is 9.59 Å². The number of carbonyl (C=O) groups is 2. The van der Waals surface area contributed by atoms with Crippen LogP contribution in [0.3, 0.4) is 0 Å². The molecule has 0 aliphatic carbocycles. The predicted molar refractivity (Wildman–Crippen MR) is 141 cm³/mol. The number of piperidine rings is 1. The molecule has 0 spiro atoms. The minimum atomic E-state index is -0.468. The van der Waals surface area contributed by atoms with Crippen LogP contribution in [0.15, 0.2) is 91.0 Å². The highest BCUT2D eigenvalue weighted by molar-refractivity contribution is 5.84. The topological polar surface area (TPSA) is 49.4 Å². The molecule has 0 bridgehead atoms. The number of nitrogens with one attached hydrogen (secondary N) is 1. The molecule has 35 heavy (non-hydrogen) atoms. The normalized spacial score (nSPS) is 14.9. The molecule has 4 heteroatoms. The van der Waals surface area contributed by atoms with Crippen LogP contribution >= 0.6 is 0 Å². The minimum Gasteiger partial charge on any atom is -0.356 e. The molecule has 1 saturated heterocycles. The van der Waals surface area contributed by atoms with Gasteiger partial charge in [0, 0.05) is 26.1 Å². The molecule has 0 atom stereocenters. The third-order valence-electron chi connectivity index (χ3n) is 7.18. The number of hydrogen-bond acceptors (Lipinski definition) is 2. The number of amides is 2. The fourth-order valence-electron chi connectivity index (χ4n) is 5.04. The standard InChI is InChI=1S/C31H36N2O2/c34-29(19-18-27-13-6-2-7-14-27)33-23-20-31(21-24-33,25-28-15-8-3-9-16-28)30(35)32-22-10-17-26-11-4-1-5-12-26/h1-9,11-16H,10,17-25H2,(H,32,35). The Morgan fingerprint density at radius 2 is 1.23 bits per heavy atom. The Bertz CT molecular complexity index is 1060. The zero-order valence-corrected chi connectivity index (χ0v) is 20.5. The van der Waals surface area contributed by atoms with Crippen molar-refractivity contribution in [2.75, 3.05) is 19.6 Å². The predicted octanol–water partition coefficient (Wildman–Crippen LogP) is 5.22. The number of carbonyl (C=O) groups excluding carboxylic acids is 2. The first-order chi connectivity index (χ1) is 17.1. The smallest absolute Gasteiger partial charge is 0.226 e. The van der Waals surface area contributed by atoms with Gasteiger partial charge in [-0.1, -0.05) is 91.0 Å². The van der Waals surface area contributed by atoms with Crippen molar-refractivity contribution in [1.82, 2.24) is 10.2 Å². The van der Waals surface area contributed by atoms with E-state index in [0.717, 1.165) is 19.3 Å². The van der Waals surface area contributed by atoms with Crippen LogP contribution in [0, 0.1) is 5.41 Å². The van der Waals surface area contributed by atoms with Crippen LogP contribution in [0.25, 0.3) is 0 Å². The Morgan fingerprint density at radius 3 is 1.80 bits per heavy atom. The molecule has 4 rings (SSSR count). The minimum absolute atomic E-state index is 0.130. The molecule has 3 aromatic carbocycles. The maximum Gasteiger partial charge on any atom is 0.226 e. The molecule has 2 amide bonds. The van der Waals surface area contributed by atoms with Gasteiger partial charge in [0.25, 0.3) is 0 Å². The lowest BCUT2D eigenvalue weighted by Crippen LogP contribution is -2.51. The molecule has 4 nitrogen and oxygen atoms in total. The zero-order chi connectivity index (χ0) is 24.3. The summed E-state index contributed by atoms with van der Waals surface area (Å²) in [6.07, 6.45) is 5.25. The third kappa shape index (κ3) is 7.05. The SMILES string of the molecule is O=C(CCc1ccccc1)N1CCC(Cc2ccccc2)(C(=O)NCCCc2ccccc2)CC1. The van der Waals surface area contributed by atoms with Crippen molar-refractivity contribution in [3.8, 4) is 0 Å². The van der Waals surface area contributed by atoms with Gasteiger partial charge in [-0.15, -0.1) is 0 Å². The van der Waals surface area contributed by atoms with Gasteiger partial charge in [-0.05, 0) is 55.2 Å². The molecule has 182 valence electrons. The van der Waals surface area contributed by atoms with Gasteiger partial charge < -0.3 is 10.2 Å². The lowest BCUT2D eigenvalue weighted by molar-refractivity contribution is -0.140. The van der Waals surface area contributed by atoms with Gasteiger partial charge in [0.15, 0.2) is 0 Å². The van der Waals surface area contributed by atoms with E-state index < -0.39 is 5.41 Å². The maximum absolute atomic E-state index is 13.5. The molecule has 0 saturated carbocycles. The number of aryl methyl sites for hydroxylation is 2. The first-order valence-corrected chi connectivity index (χ1v) is 12.8. The highest BCUT2D eigenvalue weighted by Gasteiger charge is 2.42. The Labute approximate surface area is 209 Å². The third-order valence-corrected chi connectivity index (χ3v) is 7.18. The summed E-state index contributed by atoms with van der Waals surface area (Å²) in [5.41, 5.74) is 3.19. The van der Waals surface area contributed by atoms with E-state index in [1.807, 2.05) is 47.4 Å². The number of rotatable bonds is 10. The molecule has 1 N–H and O–H groups in total. The van der Waals surface area contributed by atoms with E-state index in [-0.39, 0.29) is 11.8 Å². The van der Waals surface area contributed by atoms with Gasteiger partial charge in [-0.3, -0.25) is 9.59 Å². The van der Waals surface area contributed by atoms with Crippen molar-refractivity contribution < 1.29 is 9.59 Å². The second-order valence-electron chi connectivity index (χ2n) is 9.65. The quantitative estimate of drug-likeness (QED) is 0.415. The van der Waals surface area contributed by atoms with Gasteiger partial charge in [0.1, 0.15) is 0 Å². The van der Waals surface area contributed by atoms with Crippen molar-refractivity contribution in [3.05, 3.63) is 108 Å². The van der Waals surface area contributed by atoms with Crippen LogP contribution in [0.5, 0.6) is 0 Å². The van der Waals surface area contributed by atoms with Crippen LogP contribution in [0.2, 0.25) is 0 Å². The second-order valence-corrected chi connectivity index (χ2v) is 9.65. The summed E-state index contributed by atoms with van der Waals surface area (Å²) < 4.78 is 0. The Kier molecular flexibility index (Phi) is 8.72. The first-order valence-electron chi connectivity index (χ1n) is 12.8. The Hall–Kier alpha value is -3.40. The molecule has 0 aromatic heterocycles. The summed E-state index contributed by atoms with van der Waals surface area (Å²) in [5.74, 6) is 0.316. The highest BCUT2D eigenvalue weighted by atomic mass is 16.2. The van der Waals surface area contributed by atoms with Crippen LogP contribution in [-0.2, 0) is 28.9 Å². The average molecular weight is 469 g/mol. The van der Waals surface area contributed by atoms with Gasteiger partial charge in [0.05, 0.1) is 5.41 Å². The largest absolute Gasteiger partial charge is 0.356 e. The molecule has 1 heterocycles. The number of nitrogens with zero attached hydrogens (tertiary/aromatic N) is 1. The van der Waals surface area contributed by atoms with Crippen LogP contribution in [0.1, 0.15) is 42.4 Å². The molecule has 1 fully saturated rings. The lowest BCUT2D eigenvalue weighted by Gasteiger charge is -2.41. The molecule has 1 aliphatic heterocycles. The fraction of sp³-hybridized carbons (Fsp3) is 0.355. The van der Waals surface area contributed by atoms with Crippen molar-refractivity contribution in [2.45, 2.75) is 44.9 Å². The van der Waals surface area contributed by atoms with Crippen molar-refractivity contribution in [3.63, 3.8) is 0 Å². The number of hydrogen-bond donors (Lipinski definition) is 1. The highest BCUT2D eigenvalue weighted by Crippen LogP contribution is 2.36. The monoisotopic (exact) mass is 468 g/mol. The zero-order valence-electron chi connectivity index (χ0n) is 20.5. The van der Waals surface area contributed by atoms with Crippen LogP contribution in [0.4, 0.5) is 0 Å². The van der Waals surface area contributed by atoms with Crippen LogP contribution < -0.4 is 5.32 Å². The fourth-order valence-corrected chi connectivity index (χ4v) is 5.04. The van der Waals surface area contributed by atoms with Gasteiger partial charge in [-0.2, -0.15) is 0 Å². The molecule has 0 unspecified atom stereocenters.